The molecule has 0 unspecified atom stereocenters. The second kappa shape index (κ2) is 16.9. The summed E-state index contributed by atoms with van der Waals surface area (Å²) in [5.74, 6) is 0.839. The van der Waals surface area contributed by atoms with Crippen LogP contribution in [-0.4, -0.2) is 7.11 Å². The van der Waals surface area contributed by atoms with E-state index in [9.17, 15) is 0 Å². The lowest BCUT2D eigenvalue weighted by molar-refractivity contribution is 0.415. The van der Waals surface area contributed by atoms with Crippen molar-refractivity contribution < 1.29 is 4.74 Å². The third kappa shape index (κ3) is 8.41. The van der Waals surface area contributed by atoms with Gasteiger partial charge in [0.25, 0.3) is 0 Å². The van der Waals surface area contributed by atoms with E-state index in [1.165, 1.54) is 38.2 Å². The molecule has 0 aliphatic heterocycles. The van der Waals surface area contributed by atoms with Gasteiger partial charge in [0.1, 0.15) is 5.75 Å². The van der Waals surface area contributed by atoms with E-state index in [1.807, 2.05) is 18.2 Å². The Bertz CT molecular complexity index is 2880. The van der Waals surface area contributed by atoms with Crippen LogP contribution in [0.3, 0.4) is 0 Å². The van der Waals surface area contributed by atoms with Crippen LogP contribution in [0.1, 0.15) is 27.8 Å². The molecule has 0 aromatic heterocycles. The summed E-state index contributed by atoms with van der Waals surface area (Å²) in [6, 6.07) is 73.3. The summed E-state index contributed by atoms with van der Waals surface area (Å²) >= 11 is 0. The molecule has 0 bridgehead atoms. The van der Waals surface area contributed by atoms with E-state index in [0.29, 0.717) is 0 Å². The molecule has 0 amide bonds. The Morgan fingerprint density at radius 3 is 1.07 bits per heavy atom. The summed E-state index contributed by atoms with van der Waals surface area (Å²) in [5, 5.41) is 4.92. The lowest BCUT2D eigenvalue weighted by Crippen LogP contribution is -2.09. The number of ether oxygens (including phenoxy) is 1. The van der Waals surface area contributed by atoms with E-state index >= 15 is 0 Å². The zero-order chi connectivity index (χ0) is 40.0. The van der Waals surface area contributed by atoms with Gasteiger partial charge < -0.3 is 14.5 Å². The molecule has 9 rings (SSSR count). The van der Waals surface area contributed by atoms with Crippen LogP contribution in [0.2, 0.25) is 0 Å². The van der Waals surface area contributed by atoms with Crippen LogP contribution in [0.25, 0.3) is 45.8 Å². The Morgan fingerprint density at radius 2 is 0.661 bits per heavy atom. The van der Waals surface area contributed by atoms with Gasteiger partial charge in [-0.05, 0) is 160 Å². The van der Waals surface area contributed by atoms with Crippen molar-refractivity contribution in [1.29, 1.82) is 0 Å². The molecule has 0 aliphatic rings. The summed E-state index contributed by atoms with van der Waals surface area (Å²) < 4.78 is 5.40. The van der Waals surface area contributed by atoms with Crippen molar-refractivity contribution in [2.24, 2.45) is 0 Å². The summed E-state index contributed by atoms with van der Waals surface area (Å²) in [5.41, 5.74) is 12.6. The number of hydrogen-bond donors (Lipinski definition) is 0. The number of anilines is 6. The first-order valence-corrected chi connectivity index (χ1v) is 20.0. The first kappa shape index (κ1) is 37.0. The van der Waals surface area contributed by atoms with Crippen molar-refractivity contribution in [2.75, 3.05) is 16.9 Å². The van der Waals surface area contributed by atoms with Crippen molar-refractivity contribution >= 4 is 80.0 Å². The molecule has 0 atom stereocenters. The molecule has 3 heteroatoms. The van der Waals surface area contributed by atoms with Crippen LogP contribution < -0.4 is 14.5 Å². The third-order valence-corrected chi connectivity index (χ3v) is 10.7. The number of methoxy groups -OCH3 is 1. The van der Waals surface area contributed by atoms with Gasteiger partial charge in [-0.2, -0.15) is 0 Å². The zero-order valence-corrected chi connectivity index (χ0v) is 33.2. The Labute approximate surface area is 347 Å². The molecule has 9 aromatic carbocycles. The van der Waals surface area contributed by atoms with E-state index in [0.717, 1.165) is 51.0 Å². The van der Waals surface area contributed by atoms with E-state index in [4.69, 9.17) is 4.74 Å². The number of aryl methyl sites for hydroxylation is 1. The monoisotopic (exact) mass is 760 g/mol. The number of benzene rings is 9. The average molecular weight is 761 g/mol. The second-order valence-corrected chi connectivity index (χ2v) is 14.8. The molecule has 0 heterocycles. The number of para-hydroxylation sites is 2. The van der Waals surface area contributed by atoms with Gasteiger partial charge in [0, 0.05) is 34.1 Å². The molecule has 3 nitrogen and oxygen atoms in total. The fourth-order valence-electron chi connectivity index (χ4n) is 7.57. The number of hydrogen-bond acceptors (Lipinski definition) is 3. The molecule has 0 saturated carbocycles. The Morgan fingerprint density at radius 1 is 0.322 bits per heavy atom. The predicted molar refractivity (Wildman–Crippen MR) is 253 cm³/mol. The quantitative estimate of drug-likeness (QED) is 0.0964. The first-order chi connectivity index (χ1) is 29.1. The van der Waals surface area contributed by atoms with E-state index < -0.39 is 0 Å². The Hall–Kier alpha value is -7.62. The fraction of sp³-hybridized carbons (Fsp3) is 0.0357. The van der Waals surface area contributed by atoms with E-state index in [-0.39, 0.29) is 0 Å². The van der Waals surface area contributed by atoms with E-state index in [2.05, 4.69) is 229 Å². The molecule has 284 valence electrons. The molecule has 0 aliphatic carbocycles. The highest BCUT2D eigenvalue weighted by molar-refractivity contribution is 6.00. The van der Waals surface area contributed by atoms with Crippen molar-refractivity contribution in [3.63, 3.8) is 0 Å². The van der Waals surface area contributed by atoms with Crippen LogP contribution >= 0.6 is 0 Å². The van der Waals surface area contributed by atoms with Crippen molar-refractivity contribution in [1.82, 2.24) is 0 Å². The van der Waals surface area contributed by atoms with E-state index in [1.54, 1.807) is 7.11 Å². The van der Waals surface area contributed by atoms with Gasteiger partial charge in [0.05, 0.1) is 7.11 Å². The van der Waals surface area contributed by atoms with Gasteiger partial charge in [0.2, 0.25) is 0 Å². The highest BCUT2D eigenvalue weighted by atomic mass is 16.5. The van der Waals surface area contributed by atoms with Gasteiger partial charge >= 0.3 is 0 Å². The standard InChI is InChI=1S/C56H44N2O/c1-41-13-27-52(28-14-41)57(50-9-5-3-6-10-50)53-29-21-42(22-30-53)15-17-44-19-25-46-40-49-38-45(20-26-47(49)39-48(46)37-44)18-16-43-23-31-54(32-24-43)58(51-11-7-4-8-12-51)55-33-35-56(59-2)36-34-55/h3-40H,1-2H3/b17-15+,18-16+. The maximum Gasteiger partial charge on any atom is 0.119 e. The maximum atomic E-state index is 5.40. The minimum Gasteiger partial charge on any atom is -0.497 e. The minimum absolute atomic E-state index is 0.839. The molecule has 0 saturated heterocycles. The normalized spacial score (nSPS) is 11.4. The lowest BCUT2D eigenvalue weighted by atomic mass is 9.99. The maximum absolute atomic E-state index is 5.40. The SMILES string of the molecule is COc1ccc(N(c2ccccc2)c2ccc(/C=C/c3ccc4cc5cc(/C=C/c6ccc(N(c7ccccc7)c7ccc(C)cc7)cc6)ccc5cc4c3)cc2)cc1. The molecule has 59 heavy (non-hydrogen) atoms. The highest BCUT2D eigenvalue weighted by Crippen LogP contribution is 2.37. The summed E-state index contributed by atoms with van der Waals surface area (Å²) in [6.07, 6.45) is 8.77. The van der Waals surface area contributed by atoms with Gasteiger partial charge in [-0.15, -0.1) is 0 Å². The number of fused-ring (bicyclic) bond motifs is 2. The molecule has 0 radical (unpaired) electrons. The summed E-state index contributed by atoms with van der Waals surface area (Å²) in [7, 11) is 1.69. The number of nitrogens with zero attached hydrogens (tertiary/aromatic N) is 2. The molecule has 0 spiro atoms. The molecule has 9 aromatic rings. The van der Waals surface area contributed by atoms with Gasteiger partial charge in [-0.3, -0.25) is 0 Å². The highest BCUT2D eigenvalue weighted by Gasteiger charge is 2.13. The molecular weight excluding hydrogens is 717 g/mol. The zero-order valence-electron chi connectivity index (χ0n) is 33.2. The number of rotatable bonds is 11. The van der Waals surface area contributed by atoms with Gasteiger partial charge in [0.15, 0.2) is 0 Å². The van der Waals surface area contributed by atoms with Crippen LogP contribution in [0, 0.1) is 6.92 Å². The molecular formula is C56H44N2O. The van der Waals surface area contributed by atoms with Crippen molar-refractivity contribution in [3.05, 3.63) is 234 Å². The lowest BCUT2D eigenvalue weighted by Gasteiger charge is -2.25. The Balaban J connectivity index is 0.899. The van der Waals surface area contributed by atoms with Gasteiger partial charge in [-0.25, -0.2) is 0 Å². The van der Waals surface area contributed by atoms with Crippen LogP contribution in [0.5, 0.6) is 5.75 Å². The topological polar surface area (TPSA) is 15.7 Å². The first-order valence-electron chi connectivity index (χ1n) is 20.0. The van der Waals surface area contributed by atoms with Crippen LogP contribution in [0.4, 0.5) is 34.1 Å². The fourth-order valence-corrected chi connectivity index (χ4v) is 7.57. The minimum atomic E-state index is 0.839. The predicted octanol–water partition coefficient (Wildman–Crippen LogP) is 15.6. The average Bonchev–Trinajstić information content (AvgIpc) is 3.29. The Kier molecular flexibility index (Phi) is 10.6. The molecule has 0 fully saturated rings. The van der Waals surface area contributed by atoms with Crippen molar-refractivity contribution in [3.8, 4) is 5.75 Å². The van der Waals surface area contributed by atoms with Crippen molar-refractivity contribution in [2.45, 2.75) is 6.92 Å². The largest absolute Gasteiger partial charge is 0.497 e. The third-order valence-electron chi connectivity index (χ3n) is 10.7. The van der Waals surface area contributed by atoms with Gasteiger partial charge in [-0.1, -0.05) is 127 Å². The molecule has 0 N–H and O–H groups in total. The van der Waals surface area contributed by atoms with Crippen LogP contribution in [-0.2, 0) is 0 Å². The smallest absolute Gasteiger partial charge is 0.119 e. The summed E-state index contributed by atoms with van der Waals surface area (Å²) in [6.45, 7) is 2.12. The van der Waals surface area contributed by atoms with Crippen LogP contribution in [0.15, 0.2) is 206 Å². The summed E-state index contributed by atoms with van der Waals surface area (Å²) in [4.78, 5) is 4.55. The second-order valence-electron chi connectivity index (χ2n) is 14.8.